The minimum Gasteiger partial charge on any atom is -0.477 e. The van der Waals surface area contributed by atoms with E-state index in [2.05, 4.69) is 4.98 Å². The van der Waals surface area contributed by atoms with E-state index in [0.29, 0.717) is 21.5 Å². The summed E-state index contributed by atoms with van der Waals surface area (Å²) in [7, 11) is 0. The van der Waals surface area contributed by atoms with Crippen LogP contribution in [0.3, 0.4) is 0 Å². The summed E-state index contributed by atoms with van der Waals surface area (Å²) in [6.07, 6.45) is 0. The molecule has 6 heteroatoms. The number of aromatic amines is 1. The molecule has 18 heavy (non-hydrogen) atoms. The van der Waals surface area contributed by atoms with Crippen LogP contribution in [0, 0.1) is 0 Å². The molecule has 2 rings (SSSR count). The molecule has 0 spiro atoms. The maximum absolute atomic E-state index is 11.6. The fourth-order valence-electron chi connectivity index (χ4n) is 1.83. The highest BCUT2D eigenvalue weighted by Gasteiger charge is 2.14. The minimum atomic E-state index is -1.28. The first-order chi connectivity index (χ1) is 8.40. The van der Waals surface area contributed by atoms with E-state index < -0.39 is 11.5 Å². The van der Waals surface area contributed by atoms with E-state index in [9.17, 15) is 9.59 Å². The number of rotatable bonds is 2. The summed E-state index contributed by atoms with van der Waals surface area (Å²) in [4.78, 5) is 25.1. The molecule has 1 unspecified atom stereocenters. The van der Waals surface area contributed by atoms with E-state index in [-0.39, 0.29) is 11.6 Å². The first-order valence-corrected chi connectivity index (χ1v) is 5.63. The Balaban J connectivity index is 2.88. The van der Waals surface area contributed by atoms with Gasteiger partial charge in [-0.05, 0) is 30.7 Å². The van der Waals surface area contributed by atoms with Gasteiger partial charge in [-0.1, -0.05) is 11.6 Å². The number of carbonyl (C=O) groups is 1. The number of benzene rings is 1. The van der Waals surface area contributed by atoms with E-state index in [0.717, 1.165) is 0 Å². The predicted molar refractivity (Wildman–Crippen MR) is 69.1 cm³/mol. The van der Waals surface area contributed by atoms with Crippen molar-refractivity contribution < 1.29 is 9.90 Å². The van der Waals surface area contributed by atoms with Gasteiger partial charge in [0, 0.05) is 16.5 Å². The number of aromatic nitrogens is 1. The smallest absolute Gasteiger partial charge is 0.341 e. The number of nitrogens with one attached hydrogen (secondary N) is 1. The van der Waals surface area contributed by atoms with Crippen LogP contribution >= 0.6 is 11.6 Å². The monoisotopic (exact) mass is 266 g/mol. The standard InChI is InChI=1S/C12H11ClN2O3/c1-5(14)8-4-7(13)2-6-3-9(12(17)18)11(16)15-10(6)8/h2-5H,14H2,1H3,(H,15,16)(H,17,18). The lowest BCUT2D eigenvalue weighted by Crippen LogP contribution is -2.18. The Morgan fingerprint density at radius 1 is 1.44 bits per heavy atom. The fourth-order valence-corrected chi connectivity index (χ4v) is 2.06. The lowest BCUT2D eigenvalue weighted by Gasteiger charge is -2.11. The first kappa shape index (κ1) is 12.6. The quantitative estimate of drug-likeness (QED) is 0.773. The number of fused-ring (bicyclic) bond motifs is 1. The largest absolute Gasteiger partial charge is 0.477 e. The molecule has 0 radical (unpaired) electrons. The number of carboxylic acid groups (broad SMARTS) is 1. The van der Waals surface area contributed by atoms with Gasteiger partial charge in [-0.3, -0.25) is 4.79 Å². The number of hydrogen-bond donors (Lipinski definition) is 3. The van der Waals surface area contributed by atoms with Crippen molar-refractivity contribution in [1.82, 2.24) is 4.98 Å². The lowest BCUT2D eigenvalue weighted by molar-refractivity contribution is 0.0695. The molecule has 0 saturated heterocycles. The van der Waals surface area contributed by atoms with Gasteiger partial charge >= 0.3 is 5.97 Å². The molecule has 1 heterocycles. The van der Waals surface area contributed by atoms with E-state index >= 15 is 0 Å². The van der Waals surface area contributed by atoms with Crippen LogP contribution in [0.5, 0.6) is 0 Å². The third-order valence-corrected chi connectivity index (χ3v) is 2.89. The summed E-state index contributed by atoms with van der Waals surface area (Å²) >= 11 is 5.94. The summed E-state index contributed by atoms with van der Waals surface area (Å²) in [5.41, 5.74) is 6.02. The Hall–Kier alpha value is -1.85. The van der Waals surface area contributed by atoms with Crippen molar-refractivity contribution in [3.05, 3.63) is 44.7 Å². The van der Waals surface area contributed by atoms with E-state index in [4.69, 9.17) is 22.4 Å². The predicted octanol–water partition coefficient (Wildman–Crippen LogP) is 1.90. The van der Waals surface area contributed by atoms with Gasteiger partial charge in [0.05, 0.1) is 5.52 Å². The number of aromatic carboxylic acids is 1. The maximum Gasteiger partial charge on any atom is 0.341 e. The number of pyridine rings is 1. The topological polar surface area (TPSA) is 96.2 Å². The molecule has 0 bridgehead atoms. The number of halogens is 1. The van der Waals surface area contributed by atoms with Gasteiger partial charge in [0.2, 0.25) is 0 Å². The lowest BCUT2D eigenvalue weighted by atomic mass is 10.0. The number of H-pyrrole nitrogens is 1. The number of carboxylic acids is 1. The molecule has 0 fully saturated rings. The minimum absolute atomic E-state index is 0.319. The van der Waals surface area contributed by atoms with Gasteiger partial charge in [0.1, 0.15) is 5.56 Å². The molecular weight excluding hydrogens is 256 g/mol. The highest BCUT2D eigenvalue weighted by molar-refractivity contribution is 6.31. The van der Waals surface area contributed by atoms with Crippen LogP contribution in [-0.2, 0) is 0 Å². The molecule has 5 nitrogen and oxygen atoms in total. The van der Waals surface area contributed by atoms with Gasteiger partial charge < -0.3 is 15.8 Å². The Bertz CT molecular complexity index is 692. The molecule has 4 N–H and O–H groups in total. The average Bonchev–Trinajstić information content (AvgIpc) is 2.27. The van der Waals surface area contributed by atoms with Gasteiger partial charge in [0.25, 0.3) is 5.56 Å². The van der Waals surface area contributed by atoms with Crippen molar-refractivity contribution in [3.63, 3.8) is 0 Å². The van der Waals surface area contributed by atoms with E-state index in [1.165, 1.54) is 6.07 Å². The molecule has 0 aliphatic rings. The van der Waals surface area contributed by atoms with Crippen LogP contribution in [0.4, 0.5) is 0 Å². The zero-order chi connectivity index (χ0) is 13.4. The first-order valence-electron chi connectivity index (χ1n) is 5.25. The second kappa shape index (κ2) is 4.44. The molecule has 1 aromatic carbocycles. The summed E-state index contributed by atoms with van der Waals surface area (Å²) in [6.45, 7) is 1.76. The molecule has 2 aromatic rings. The van der Waals surface area contributed by atoms with Gasteiger partial charge in [-0.15, -0.1) is 0 Å². The third kappa shape index (κ3) is 2.10. The van der Waals surface area contributed by atoms with Crippen LogP contribution in [0.25, 0.3) is 10.9 Å². The van der Waals surface area contributed by atoms with Crippen LogP contribution in [-0.4, -0.2) is 16.1 Å². The second-order valence-electron chi connectivity index (χ2n) is 4.07. The van der Waals surface area contributed by atoms with Gasteiger partial charge in [-0.25, -0.2) is 4.79 Å². The Morgan fingerprint density at radius 3 is 2.67 bits per heavy atom. The highest BCUT2D eigenvalue weighted by Crippen LogP contribution is 2.25. The number of nitrogens with two attached hydrogens (primary N) is 1. The molecule has 0 aliphatic heterocycles. The van der Waals surface area contributed by atoms with Crippen molar-refractivity contribution in [3.8, 4) is 0 Å². The fraction of sp³-hybridized carbons (Fsp3) is 0.167. The van der Waals surface area contributed by atoms with Crippen molar-refractivity contribution >= 4 is 28.5 Å². The molecule has 0 saturated carbocycles. The van der Waals surface area contributed by atoms with Crippen LogP contribution < -0.4 is 11.3 Å². The third-order valence-electron chi connectivity index (χ3n) is 2.67. The Labute approximate surface area is 107 Å². The van der Waals surface area contributed by atoms with Crippen LogP contribution in [0.2, 0.25) is 5.02 Å². The Kier molecular flexibility index (Phi) is 3.11. The van der Waals surface area contributed by atoms with E-state index in [1.807, 2.05) is 0 Å². The van der Waals surface area contributed by atoms with Gasteiger partial charge in [-0.2, -0.15) is 0 Å². The van der Waals surface area contributed by atoms with Crippen molar-refractivity contribution in [1.29, 1.82) is 0 Å². The maximum atomic E-state index is 11.6. The normalized spacial score (nSPS) is 12.6. The molecule has 0 aliphatic carbocycles. The zero-order valence-corrected chi connectivity index (χ0v) is 10.3. The summed E-state index contributed by atoms with van der Waals surface area (Å²) < 4.78 is 0. The van der Waals surface area contributed by atoms with Crippen LogP contribution in [0.1, 0.15) is 28.9 Å². The van der Waals surface area contributed by atoms with Gasteiger partial charge in [0.15, 0.2) is 0 Å². The average molecular weight is 267 g/mol. The summed E-state index contributed by atoms with van der Waals surface area (Å²) in [6, 6.07) is 4.22. The summed E-state index contributed by atoms with van der Waals surface area (Å²) in [5, 5.41) is 9.89. The highest BCUT2D eigenvalue weighted by atomic mass is 35.5. The SMILES string of the molecule is CC(N)c1cc(Cl)cc2cc(C(=O)O)c(=O)[nH]c12. The van der Waals surface area contributed by atoms with E-state index in [1.54, 1.807) is 19.1 Å². The zero-order valence-electron chi connectivity index (χ0n) is 9.53. The number of hydrogen-bond acceptors (Lipinski definition) is 3. The molecule has 0 amide bonds. The van der Waals surface area contributed by atoms with Crippen LogP contribution in [0.15, 0.2) is 23.0 Å². The summed E-state index contributed by atoms with van der Waals surface area (Å²) in [5.74, 6) is -1.28. The van der Waals surface area contributed by atoms with Crippen molar-refractivity contribution in [2.75, 3.05) is 0 Å². The molecule has 94 valence electrons. The molecule has 1 aromatic heterocycles. The molecular formula is C12H11ClN2O3. The second-order valence-corrected chi connectivity index (χ2v) is 4.50. The van der Waals surface area contributed by atoms with Crippen molar-refractivity contribution in [2.24, 2.45) is 5.73 Å². The molecule has 1 atom stereocenters. The van der Waals surface area contributed by atoms with Crippen molar-refractivity contribution in [2.45, 2.75) is 13.0 Å². The Morgan fingerprint density at radius 2 is 2.11 bits per heavy atom.